The van der Waals surface area contributed by atoms with Crippen molar-refractivity contribution in [2.24, 2.45) is 5.10 Å². The minimum atomic E-state index is -0.677. The van der Waals surface area contributed by atoms with Crippen LogP contribution < -0.4 is 14.9 Å². The second kappa shape index (κ2) is 11.5. The summed E-state index contributed by atoms with van der Waals surface area (Å²) in [5, 5.41) is 14.1. The molecule has 0 saturated heterocycles. The number of carbonyl (C=O) groups is 1. The number of hydrazone groups is 1. The third-order valence-electron chi connectivity index (χ3n) is 4.66. The molecule has 0 fully saturated rings. The van der Waals surface area contributed by atoms with Crippen LogP contribution >= 0.6 is 0 Å². The third-order valence-corrected chi connectivity index (χ3v) is 4.66. The van der Waals surface area contributed by atoms with Crippen LogP contribution in [0.3, 0.4) is 0 Å². The first-order valence-electron chi connectivity index (χ1n) is 10.1. The molecule has 0 bridgehead atoms. The zero-order valence-corrected chi connectivity index (χ0v) is 17.4. The van der Waals surface area contributed by atoms with E-state index in [-0.39, 0.29) is 12.3 Å². The Morgan fingerprint density at radius 1 is 1.03 bits per heavy atom. The maximum Gasteiger partial charge on any atom is 0.240 e. The van der Waals surface area contributed by atoms with Gasteiger partial charge in [0.15, 0.2) is 11.5 Å². The van der Waals surface area contributed by atoms with Gasteiger partial charge in [0.25, 0.3) is 0 Å². The highest BCUT2D eigenvalue weighted by atomic mass is 16.5. The van der Waals surface area contributed by atoms with Gasteiger partial charge in [-0.1, -0.05) is 60.7 Å². The normalized spacial score (nSPS) is 11.8. The molecule has 1 atom stereocenters. The van der Waals surface area contributed by atoms with Crippen LogP contribution in [-0.4, -0.2) is 24.3 Å². The highest BCUT2D eigenvalue weighted by Crippen LogP contribution is 2.28. The van der Waals surface area contributed by atoms with Crippen molar-refractivity contribution in [1.82, 2.24) is 5.43 Å². The Morgan fingerprint density at radius 2 is 1.74 bits per heavy atom. The smallest absolute Gasteiger partial charge is 0.240 e. The van der Waals surface area contributed by atoms with Gasteiger partial charge in [0.1, 0.15) is 6.61 Å². The fourth-order valence-corrected chi connectivity index (χ4v) is 2.96. The molecule has 3 aromatic carbocycles. The first-order valence-corrected chi connectivity index (χ1v) is 10.1. The fourth-order valence-electron chi connectivity index (χ4n) is 2.96. The van der Waals surface area contributed by atoms with Crippen LogP contribution in [0.5, 0.6) is 11.5 Å². The monoisotopic (exact) mass is 418 g/mol. The van der Waals surface area contributed by atoms with E-state index in [9.17, 15) is 9.90 Å². The minimum absolute atomic E-state index is 0.170. The summed E-state index contributed by atoms with van der Waals surface area (Å²) in [5.41, 5.74) is 5.10. The Bertz CT molecular complexity index is 991. The number of rotatable bonds is 10. The lowest BCUT2D eigenvalue weighted by atomic mass is 10.1. The number of nitrogens with zero attached hydrogens (tertiary/aromatic N) is 1. The summed E-state index contributed by atoms with van der Waals surface area (Å²) in [5.74, 6) is 0.945. The summed E-state index contributed by atoms with van der Waals surface area (Å²) >= 11 is 0. The van der Waals surface area contributed by atoms with Crippen LogP contribution in [0.25, 0.3) is 0 Å². The van der Waals surface area contributed by atoms with Gasteiger partial charge < -0.3 is 14.6 Å². The minimum Gasteiger partial charge on any atom is -0.493 e. The standard InChI is InChI=1S/C25H26N2O4/c1-30-24-16-20(12-14-23(24)31-18-19-8-4-2-5-9-19)17-26-27-25(29)15-13-22(28)21-10-6-3-7-11-21/h2-12,14,16-17,22,28H,13,15,18H2,1H3,(H,27,29)/b26-17-/t22-/m1/s1. The van der Waals surface area contributed by atoms with Crippen molar-refractivity contribution >= 4 is 12.1 Å². The van der Waals surface area contributed by atoms with Crippen LogP contribution in [0.15, 0.2) is 84.0 Å². The van der Waals surface area contributed by atoms with Crippen LogP contribution in [0, 0.1) is 0 Å². The van der Waals surface area contributed by atoms with E-state index >= 15 is 0 Å². The number of nitrogens with one attached hydrogen (secondary N) is 1. The zero-order chi connectivity index (χ0) is 21.9. The molecule has 3 rings (SSSR count). The molecule has 0 aliphatic heterocycles. The van der Waals surface area contributed by atoms with E-state index < -0.39 is 6.10 Å². The highest BCUT2D eigenvalue weighted by Gasteiger charge is 2.10. The Labute approximate surface area is 182 Å². The average Bonchev–Trinajstić information content (AvgIpc) is 2.82. The Morgan fingerprint density at radius 3 is 2.45 bits per heavy atom. The van der Waals surface area contributed by atoms with Gasteiger partial charge in [0, 0.05) is 6.42 Å². The quantitative estimate of drug-likeness (QED) is 0.381. The van der Waals surface area contributed by atoms with Crippen molar-refractivity contribution in [3.63, 3.8) is 0 Å². The molecule has 31 heavy (non-hydrogen) atoms. The molecule has 6 nitrogen and oxygen atoms in total. The van der Waals surface area contributed by atoms with E-state index in [1.807, 2.05) is 66.7 Å². The van der Waals surface area contributed by atoms with Crippen LogP contribution in [-0.2, 0) is 11.4 Å². The largest absolute Gasteiger partial charge is 0.493 e. The number of methoxy groups -OCH3 is 1. The summed E-state index contributed by atoms with van der Waals surface area (Å²) in [6.07, 6.45) is 1.36. The lowest BCUT2D eigenvalue weighted by Gasteiger charge is -2.11. The van der Waals surface area contributed by atoms with Gasteiger partial charge in [0.05, 0.1) is 19.4 Å². The first-order chi connectivity index (χ1) is 15.2. The molecule has 0 aliphatic carbocycles. The second-order valence-corrected chi connectivity index (χ2v) is 6.94. The van der Waals surface area contributed by atoms with Crippen molar-refractivity contribution in [3.8, 4) is 11.5 Å². The lowest BCUT2D eigenvalue weighted by molar-refractivity contribution is -0.121. The third kappa shape index (κ3) is 6.97. The number of carbonyl (C=O) groups excluding carboxylic acids is 1. The van der Waals surface area contributed by atoms with E-state index in [4.69, 9.17) is 9.47 Å². The van der Waals surface area contributed by atoms with Crippen molar-refractivity contribution < 1.29 is 19.4 Å². The van der Waals surface area contributed by atoms with E-state index in [1.165, 1.54) is 6.21 Å². The average molecular weight is 418 g/mol. The van der Waals surface area contributed by atoms with Crippen LogP contribution in [0.2, 0.25) is 0 Å². The van der Waals surface area contributed by atoms with E-state index in [0.717, 1.165) is 16.7 Å². The molecule has 2 N–H and O–H groups in total. The lowest BCUT2D eigenvalue weighted by Crippen LogP contribution is -2.18. The Kier molecular flexibility index (Phi) is 8.20. The molecular weight excluding hydrogens is 392 g/mol. The van der Waals surface area contributed by atoms with E-state index in [2.05, 4.69) is 10.5 Å². The summed E-state index contributed by atoms with van der Waals surface area (Å²) < 4.78 is 11.2. The Balaban J connectivity index is 1.49. The molecule has 0 spiro atoms. The van der Waals surface area contributed by atoms with Gasteiger partial charge in [-0.05, 0) is 41.3 Å². The summed E-state index contributed by atoms with van der Waals surface area (Å²) in [6, 6.07) is 24.6. The molecule has 0 radical (unpaired) electrons. The number of amides is 1. The molecule has 1 amide bonds. The Hall–Kier alpha value is -3.64. The maximum atomic E-state index is 12.0. The van der Waals surface area contributed by atoms with Gasteiger partial charge >= 0.3 is 0 Å². The molecule has 0 aliphatic rings. The first kappa shape index (κ1) is 22.1. The number of aliphatic hydroxyl groups is 1. The zero-order valence-electron chi connectivity index (χ0n) is 17.4. The summed E-state index contributed by atoms with van der Waals surface area (Å²) in [6.45, 7) is 0.440. The van der Waals surface area contributed by atoms with Crippen molar-refractivity contribution in [1.29, 1.82) is 0 Å². The van der Waals surface area contributed by atoms with Crippen LogP contribution in [0.4, 0.5) is 0 Å². The van der Waals surface area contributed by atoms with Crippen molar-refractivity contribution in [2.75, 3.05) is 7.11 Å². The summed E-state index contributed by atoms with van der Waals surface area (Å²) in [7, 11) is 1.57. The second-order valence-electron chi connectivity index (χ2n) is 6.94. The van der Waals surface area contributed by atoms with Crippen molar-refractivity contribution in [2.45, 2.75) is 25.6 Å². The van der Waals surface area contributed by atoms with Crippen molar-refractivity contribution in [3.05, 3.63) is 95.6 Å². The highest BCUT2D eigenvalue weighted by molar-refractivity contribution is 5.83. The number of ether oxygens (including phenoxy) is 2. The predicted octanol–water partition coefficient (Wildman–Crippen LogP) is 4.24. The number of hydrogen-bond acceptors (Lipinski definition) is 5. The SMILES string of the molecule is COc1cc(/C=N\NC(=O)CC[C@@H](O)c2ccccc2)ccc1OCc1ccccc1. The van der Waals surface area contributed by atoms with Crippen LogP contribution in [0.1, 0.15) is 35.6 Å². The predicted molar refractivity (Wildman–Crippen MR) is 120 cm³/mol. The molecule has 0 saturated carbocycles. The van der Waals surface area contributed by atoms with Gasteiger partial charge in [-0.25, -0.2) is 5.43 Å². The molecule has 3 aromatic rings. The maximum absolute atomic E-state index is 12.0. The number of benzene rings is 3. The van der Waals surface area contributed by atoms with Gasteiger partial charge in [-0.3, -0.25) is 4.79 Å². The van der Waals surface area contributed by atoms with E-state index in [1.54, 1.807) is 19.2 Å². The molecule has 0 unspecified atom stereocenters. The molecule has 0 aromatic heterocycles. The van der Waals surface area contributed by atoms with Gasteiger partial charge in [-0.15, -0.1) is 0 Å². The number of hydrogen-bond donors (Lipinski definition) is 2. The number of aliphatic hydroxyl groups excluding tert-OH is 1. The summed E-state index contributed by atoms with van der Waals surface area (Å²) in [4.78, 5) is 12.0. The molecular formula is C25H26N2O4. The fraction of sp³-hybridized carbons (Fsp3) is 0.200. The molecule has 0 heterocycles. The molecule has 6 heteroatoms. The topological polar surface area (TPSA) is 80.2 Å². The van der Waals surface area contributed by atoms with Gasteiger partial charge in [0.2, 0.25) is 5.91 Å². The van der Waals surface area contributed by atoms with Gasteiger partial charge in [-0.2, -0.15) is 5.10 Å². The molecule has 160 valence electrons. The van der Waals surface area contributed by atoms with E-state index in [0.29, 0.717) is 24.5 Å².